The van der Waals surface area contributed by atoms with Gasteiger partial charge in [-0.05, 0) is 30.3 Å². The van der Waals surface area contributed by atoms with Crippen molar-refractivity contribution in [1.29, 1.82) is 0 Å². The van der Waals surface area contributed by atoms with E-state index in [4.69, 9.17) is 9.47 Å². The number of pyridine rings is 1. The number of hydrogen-bond acceptors (Lipinski definition) is 4. The van der Waals surface area contributed by atoms with Gasteiger partial charge >= 0.3 is 0 Å². The van der Waals surface area contributed by atoms with E-state index in [-0.39, 0.29) is 0 Å². The van der Waals surface area contributed by atoms with E-state index in [1.807, 2.05) is 43.4 Å². The van der Waals surface area contributed by atoms with E-state index in [2.05, 4.69) is 10.3 Å². The molecular weight excluding hydrogens is 228 g/mol. The van der Waals surface area contributed by atoms with Crippen LogP contribution in [-0.4, -0.2) is 19.1 Å². The molecule has 4 heteroatoms. The SMILES string of the molecule is CNc1ncccc1COc1ccc(OC)cc1. The molecule has 1 heterocycles. The van der Waals surface area contributed by atoms with Gasteiger partial charge in [0.05, 0.1) is 7.11 Å². The number of methoxy groups -OCH3 is 1. The summed E-state index contributed by atoms with van der Waals surface area (Å²) in [5.74, 6) is 2.47. The van der Waals surface area contributed by atoms with Gasteiger partial charge in [0.25, 0.3) is 0 Å². The van der Waals surface area contributed by atoms with Gasteiger partial charge in [-0.15, -0.1) is 0 Å². The fourth-order valence-electron chi connectivity index (χ4n) is 1.61. The van der Waals surface area contributed by atoms with E-state index in [0.29, 0.717) is 6.61 Å². The van der Waals surface area contributed by atoms with E-state index in [0.717, 1.165) is 22.9 Å². The molecule has 0 spiro atoms. The lowest BCUT2D eigenvalue weighted by Gasteiger charge is -2.10. The number of aromatic nitrogens is 1. The van der Waals surface area contributed by atoms with Crippen molar-refractivity contribution in [1.82, 2.24) is 4.98 Å². The van der Waals surface area contributed by atoms with Crippen LogP contribution in [0.4, 0.5) is 5.82 Å². The molecule has 0 unspecified atom stereocenters. The van der Waals surface area contributed by atoms with Gasteiger partial charge in [-0.2, -0.15) is 0 Å². The van der Waals surface area contributed by atoms with Gasteiger partial charge in [0.15, 0.2) is 0 Å². The average Bonchev–Trinajstić information content (AvgIpc) is 2.46. The average molecular weight is 244 g/mol. The van der Waals surface area contributed by atoms with Crippen molar-refractivity contribution >= 4 is 5.82 Å². The summed E-state index contributed by atoms with van der Waals surface area (Å²) in [4.78, 5) is 4.23. The number of hydrogen-bond donors (Lipinski definition) is 1. The van der Waals surface area contributed by atoms with Gasteiger partial charge in [0.1, 0.15) is 23.9 Å². The molecule has 2 rings (SSSR count). The Kier molecular flexibility index (Phi) is 4.02. The molecule has 0 aliphatic carbocycles. The summed E-state index contributed by atoms with van der Waals surface area (Å²) in [5, 5.41) is 3.04. The lowest BCUT2D eigenvalue weighted by molar-refractivity contribution is 0.305. The second-order valence-electron chi connectivity index (χ2n) is 3.73. The van der Waals surface area contributed by atoms with Crippen molar-refractivity contribution in [2.45, 2.75) is 6.61 Å². The first-order chi connectivity index (χ1) is 8.83. The van der Waals surface area contributed by atoms with Crippen LogP contribution in [0.5, 0.6) is 11.5 Å². The molecule has 0 saturated carbocycles. The molecule has 0 fully saturated rings. The fraction of sp³-hybridized carbons (Fsp3) is 0.214. The molecule has 0 atom stereocenters. The predicted octanol–water partition coefficient (Wildman–Crippen LogP) is 2.71. The first-order valence-electron chi connectivity index (χ1n) is 5.72. The number of nitrogens with one attached hydrogen (secondary N) is 1. The Balaban J connectivity index is 2.02. The molecule has 1 aromatic carbocycles. The summed E-state index contributed by atoms with van der Waals surface area (Å²) in [5.41, 5.74) is 1.02. The third-order valence-corrected chi connectivity index (χ3v) is 2.58. The van der Waals surface area contributed by atoms with Crippen molar-refractivity contribution in [2.75, 3.05) is 19.5 Å². The maximum absolute atomic E-state index is 5.70. The van der Waals surface area contributed by atoms with Crippen molar-refractivity contribution < 1.29 is 9.47 Å². The molecule has 0 bridgehead atoms. The van der Waals surface area contributed by atoms with Crippen LogP contribution < -0.4 is 14.8 Å². The summed E-state index contributed by atoms with van der Waals surface area (Å²) in [6.45, 7) is 0.482. The van der Waals surface area contributed by atoms with Crippen molar-refractivity contribution in [2.24, 2.45) is 0 Å². The van der Waals surface area contributed by atoms with Crippen LogP contribution in [0.15, 0.2) is 42.6 Å². The first-order valence-corrected chi connectivity index (χ1v) is 5.72. The second-order valence-corrected chi connectivity index (χ2v) is 3.73. The van der Waals surface area contributed by atoms with Crippen LogP contribution in [-0.2, 0) is 6.61 Å². The molecule has 1 N–H and O–H groups in total. The highest BCUT2D eigenvalue weighted by Gasteiger charge is 2.02. The highest BCUT2D eigenvalue weighted by molar-refractivity contribution is 5.42. The maximum atomic E-state index is 5.70. The summed E-state index contributed by atoms with van der Waals surface area (Å²) >= 11 is 0. The van der Waals surface area contributed by atoms with Gasteiger partial charge in [-0.25, -0.2) is 4.98 Å². The number of nitrogens with zero attached hydrogens (tertiary/aromatic N) is 1. The number of anilines is 1. The lowest BCUT2D eigenvalue weighted by Crippen LogP contribution is -2.02. The molecular formula is C14H16N2O2. The van der Waals surface area contributed by atoms with Crippen molar-refractivity contribution in [3.8, 4) is 11.5 Å². The highest BCUT2D eigenvalue weighted by atomic mass is 16.5. The van der Waals surface area contributed by atoms with E-state index in [1.165, 1.54) is 0 Å². The van der Waals surface area contributed by atoms with Crippen molar-refractivity contribution in [3.05, 3.63) is 48.2 Å². The van der Waals surface area contributed by atoms with Gasteiger partial charge in [0, 0.05) is 18.8 Å². The number of benzene rings is 1. The van der Waals surface area contributed by atoms with Crippen LogP contribution in [0.2, 0.25) is 0 Å². The molecule has 18 heavy (non-hydrogen) atoms. The Morgan fingerprint density at radius 3 is 2.50 bits per heavy atom. The predicted molar refractivity (Wildman–Crippen MR) is 71.1 cm³/mol. The van der Waals surface area contributed by atoms with E-state index >= 15 is 0 Å². The largest absolute Gasteiger partial charge is 0.497 e. The minimum Gasteiger partial charge on any atom is -0.497 e. The lowest BCUT2D eigenvalue weighted by atomic mass is 10.2. The molecule has 4 nitrogen and oxygen atoms in total. The van der Waals surface area contributed by atoms with Crippen LogP contribution in [0.1, 0.15) is 5.56 Å². The fourth-order valence-corrected chi connectivity index (χ4v) is 1.61. The molecule has 0 aliphatic heterocycles. The van der Waals surface area contributed by atoms with E-state index < -0.39 is 0 Å². The minimum atomic E-state index is 0.482. The second kappa shape index (κ2) is 5.91. The Labute approximate surface area is 107 Å². The normalized spacial score (nSPS) is 9.89. The Bertz CT molecular complexity index is 497. The highest BCUT2D eigenvalue weighted by Crippen LogP contribution is 2.19. The molecule has 0 radical (unpaired) electrons. The molecule has 2 aromatic rings. The summed E-state index contributed by atoms with van der Waals surface area (Å²) in [7, 11) is 3.49. The zero-order valence-corrected chi connectivity index (χ0v) is 10.5. The molecule has 1 aromatic heterocycles. The first kappa shape index (κ1) is 12.2. The van der Waals surface area contributed by atoms with Crippen LogP contribution in [0, 0.1) is 0 Å². The zero-order valence-electron chi connectivity index (χ0n) is 10.5. The quantitative estimate of drug-likeness (QED) is 0.878. The van der Waals surface area contributed by atoms with Crippen LogP contribution in [0.3, 0.4) is 0 Å². The van der Waals surface area contributed by atoms with Gasteiger partial charge in [0.2, 0.25) is 0 Å². The zero-order chi connectivity index (χ0) is 12.8. The Morgan fingerprint density at radius 2 is 1.83 bits per heavy atom. The Morgan fingerprint density at radius 1 is 1.11 bits per heavy atom. The molecule has 0 amide bonds. The van der Waals surface area contributed by atoms with Crippen LogP contribution >= 0.6 is 0 Å². The number of rotatable bonds is 5. The van der Waals surface area contributed by atoms with Crippen LogP contribution in [0.25, 0.3) is 0 Å². The summed E-state index contributed by atoms with van der Waals surface area (Å²) in [6.07, 6.45) is 1.75. The molecule has 0 aliphatic rings. The molecule has 94 valence electrons. The third kappa shape index (κ3) is 2.91. The standard InChI is InChI=1S/C14H16N2O2/c1-15-14-11(4-3-9-16-14)10-18-13-7-5-12(17-2)6-8-13/h3-9H,10H2,1-2H3,(H,15,16). The van der Waals surface area contributed by atoms with Crippen molar-refractivity contribution in [3.63, 3.8) is 0 Å². The number of ether oxygens (including phenoxy) is 2. The van der Waals surface area contributed by atoms with Gasteiger partial charge < -0.3 is 14.8 Å². The van der Waals surface area contributed by atoms with Gasteiger partial charge in [-0.3, -0.25) is 0 Å². The Hall–Kier alpha value is -2.23. The summed E-state index contributed by atoms with van der Waals surface area (Å²) < 4.78 is 10.8. The van der Waals surface area contributed by atoms with Gasteiger partial charge in [-0.1, -0.05) is 6.07 Å². The van der Waals surface area contributed by atoms with E-state index in [1.54, 1.807) is 13.3 Å². The molecule has 0 saturated heterocycles. The van der Waals surface area contributed by atoms with E-state index in [9.17, 15) is 0 Å². The maximum Gasteiger partial charge on any atom is 0.132 e. The minimum absolute atomic E-state index is 0.482. The third-order valence-electron chi connectivity index (χ3n) is 2.58. The summed E-state index contributed by atoms with van der Waals surface area (Å²) in [6, 6.07) is 11.4. The topological polar surface area (TPSA) is 43.4 Å². The smallest absolute Gasteiger partial charge is 0.132 e. The monoisotopic (exact) mass is 244 g/mol.